The Balaban J connectivity index is 3.12. The number of aliphatic hydroxyl groups is 1. The van der Waals surface area contributed by atoms with E-state index in [0.717, 1.165) is 12.8 Å². The van der Waals surface area contributed by atoms with Crippen molar-refractivity contribution in [3.8, 4) is 0 Å². The van der Waals surface area contributed by atoms with Crippen molar-refractivity contribution < 1.29 is 5.11 Å². The molecule has 0 spiro atoms. The molecule has 0 aliphatic rings. The van der Waals surface area contributed by atoms with Crippen LogP contribution in [0.5, 0.6) is 0 Å². The Morgan fingerprint density at radius 3 is 2.45 bits per heavy atom. The minimum absolute atomic E-state index is 0.321. The number of hydrogen-bond donors (Lipinski definition) is 1. The highest BCUT2D eigenvalue weighted by molar-refractivity contribution is 4.81. The van der Waals surface area contributed by atoms with Crippen LogP contribution in [0.4, 0.5) is 0 Å². The van der Waals surface area contributed by atoms with Gasteiger partial charge in [0.2, 0.25) is 0 Å². The van der Waals surface area contributed by atoms with Gasteiger partial charge in [-0.1, -0.05) is 32.4 Å². The standard InChI is InChI=1S/C10H20O/c1-3-4-5-6-7-8-10(2)9-11/h5-6,10-11H,3-4,7-9H2,1-2H3. The van der Waals surface area contributed by atoms with E-state index in [1.807, 2.05) is 0 Å². The molecule has 0 aliphatic carbocycles. The molecule has 0 fully saturated rings. The van der Waals surface area contributed by atoms with E-state index in [1.165, 1.54) is 12.8 Å². The van der Waals surface area contributed by atoms with Crippen molar-refractivity contribution >= 4 is 0 Å². The Labute approximate surface area is 70.1 Å². The third-order valence-electron chi connectivity index (χ3n) is 1.76. The van der Waals surface area contributed by atoms with Crippen molar-refractivity contribution in [2.45, 2.75) is 39.5 Å². The van der Waals surface area contributed by atoms with Gasteiger partial charge >= 0.3 is 0 Å². The molecule has 1 N–H and O–H groups in total. The van der Waals surface area contributed by atoms with Crippen LogP contribution in [0, 0.1) is 5.92 Å². The van der Waals surface area contributed by atoms with Crippen LogP contribution in [-0.2, 0) is 0 Å². The molecule has 0 aliphatic heterocycles. The molecule has 0 amide bonds. The molecule has 0 bridgehead atoms. The van der Waals surface area contributed by atoms with Gasteiger partial charge in [-0.3, -0.25) is 0 Å². The van der Waals surface area contributed by atoms with Crippen LogP contribution in [0.25, 0.3) is 0 Å². The summed E-state index contributed by atoms with van der Waals surface area (Å²) in [6.07, 6.45) is 9.08. The molecule has 1 atom stereocenters. The molecule has 0 aromatic carbocycles. The molecule has 0 saturated carbocycles. The number of rotatable bonds is 6. The highest BCUT2D eigenvalue weighted by Crippen LogP contribution is 2.04. The zero-order valence-electron chi connectivity index (χ0n) is 7.71. The highest BCUT2D eigenvalue weighted by atomic mass is 16.3. The second kappa shape index (κ2) is 7.80. The fraction of sp³-hybridized carbons (Fsp3) is 0.800. The van der Waals surface area contributed by atoms with Gasteiger partial charge in [0.15, 0.2) is 0 Å². The SMILES string of the molecule is CCCC=CCCC(C)CO. The number of aliphatic hydroxyl groups excluding tert-OH is 1. The van der Waals surface area contributed by atoms with Crippen molar-refractivity contribution in [2.24, 2.45) is 5.92 Å². The van der Waals surface area contributed by atoms with Crippen molar-refractivity contribution in [1.82, 2.24) is 0 Å². The van der Waals surface area contributed by atoms with Gasteiger partial charge in [-0.15, -0.1) is 0 Å². The Morgan fingerprint density at radius 2 is 1.91 bits per heavy atom. The molecule has 66 valence electrons. The van der Waals surface area contributed by atoms with E-state index in [2.05, 4.69) is 26.0 Å². The van der Waals surface area contributed by atoms with Gasteiger partial charge < -0.3 is 5.11 Å². The van der Waals surface area contributed by atoms with Gasteiger partial charge in [0.1, 0.15) is 0 Å². The van der Waals surface area contributed by atoms with Crippen molar-refractivity contribution in [3.05, 3.63) is 12.2 Å². The average molecular weight is 156 g/mol. The second-order valence-corrected chi connectivity index (χ2v) is 3.13. The molecule has 0 aromatic rings. The third kappa shape index (κ3) is 7.60. The lowest BCUT2D eigenvalue weighted by molar-refractivity contribution is 0.231. The van der Waals surface area contributed by atoms with Crippen LogP contribution in [0.3, 0.4) is 0 Å². The highest BCUT2D eigenvalue weighted by Gasteiger charge is 1.95. The van der Waals surface area contributed by atoms with Crippen LogP contribution in [-0.4, -0.2) is 11.7 Å². The van der Waals surface area contributed by atoms with Crippen LogP contribution in [0.15, 0.2) is 12.2 Å². The van der Waals surface area contributed by atoms with E-state index >= 15 is 0 Å². The fourth-order valence-corrected chi connectivity index (χ4v) is 0.874. The van der Waals surface area contributed by atoms with E-state index < -0.39 is 0 Å². The molecule has 0 radical (unpaired) electrons. The molecule has 1 heteroatoms. The lowest BCUT2D eigenvalue weighted by atomic mass is 10.1. The first kappa shape index (κ1) is 10.7. The average Bonchev–Trinajstić information content (AvgIpc) is 2.04. The maximum atomic E-state index is 8.71. The van der Waals surface area contributed by atoms with Gasteiger partial charge in [0.25, 0.3) is 0 Å². The summed E-state index contributed by atoms with van der Waals surface area (Å²) in [5.41, 5.74) is 0. The predicted molar refractivity (Wildman–Crippen MR) is 49.5 cm³/mol. The van der Waals surface area contributed by atoms with Crippen LogP contribution in [0.2, 0.25) is 0 Å². The van der Waals surface area contributed by atoms with Gasteiger partial charge in [0, 0.05) is 6.61 Å². The summed E-state index contributed by atoms with van der Waals surface area (Å²) in [6.45, 7) is 4.58. The second-order valence-electron chi connectivity index (χ2n) is 3.13. The Bertz CT molecular complexity index is 97.0. The van der Waals surface area contributed by atoms with E-state index in [-0.39, 0.29) is 0 Å². The molecule has 0 heterocycles. The Kier molecular flexibility index (Phi) is 7.59. The zero-order chi connectivity index (χ0) is 8.53. The summed E-state index contributed by atoms with van der Waals surface area (Å²) in [5, 5.41) is 8.71. The minimum Gasteiger partial charge on any atom is -0.396 e. The maximum Gasteiger partial charge on any atom is 0.0456 e. The van der Waals surface area contributed by atoms with Crippen LogP contribution < -0.4 is 0 Å². The van der Waals surface area contributed by atoms with Gasteiger partial charge in [-0.05, 0) is 25.2 Å². The zero-order valence-corrected chi connectivity index (χ0v) is 7.71. The predicted octanol–water partition coefficient (Wildman–Crippen LogP) is 2.75. The lowest BCUT2D eigenvalue weighted by Crippen LogP contribution is -1.98. The van der Waals surface area contributed by atoms with Gasteiger partial charge in [-0.25, -0.2) is 0 Å². The fourth-order valence-electron chi connectivity index (χ4n) is 0.874. The summed E-state index contributed by atoms with van der Waals surface area (Å²) in [7, 11) is 0. The Hall–Kier alpha value is -0.300. The number of allylic oxidation sites excluding steroid dienone is 2. The number of hydrogen-bond acceptors (Lipinski definition) is 1. The van der Waals surface area contributed by atoms with E-state index in [4.69, 9.17) is 5.11 Å². The quantitative estimate of drug-likeness (QED) is 0.586. The smallest absolute Gasteiger partial charge is 0.0456 e. The molecule has 1 unspecified atom stereocenters. The minimum atomic E-state index is 0.321. The first-order chi connectivity index (χ1) is 5.31. The van der Waals surface area contributed by atoms with E-state index in [9.17, 15) is 0 Å². The van der Waals surface area contributed by atoms with Crippen molar-refractivity contribution in [1.29, 1.82) is 0 Å². The summed E-state index contributed by atoms with van der Waals surface area (Å²) < 4.78 is 0. The first-order valence-corrected chi connectivity index (χ1v) is 4.57. The summed E-state index contributed by atoms with van der Waals surface area (Å²) >= 11 is 0. The Morgan fingerprint density at radius 1 is 1.27 bits per heavy atom. The van der Waals surface area contributed by atoms with Crippen molar-refractivity contribution in [2.75, 3.05) is 6.61 Å². The third-order valence-corrected chi connectivity index (χ3v) is 1.76. The van der Waals surface area contributed by atoms with E-state index in [1.54, 1.807) is 0 Å². The van der Waals surface area contributed by atoms with Gasteiger partial charge in [-0.2, -0.15) is 0 Å². The molecule has 0 rings (SSSR count). The van der Waals surface area contributed by atoms with Gasteiger partial charge in [0.05, 0.1) is 0 Å². The molecule has 1 nitrogen and oxygen atoms in total. The number of unbranched alkanes of at least 4 members (excludes halogenated alkanes) is 1. The molecule has 11 heavy (non-hydrogen) atoms. The molecule has 0 saturated heterocycles. The van der Waals surface area contributed by atoms with E-state index in [0.29, 0.717) is 12.5 Å². The first-order valence-electron chi connectivity index (χ1n) is 4.57. The maximum absolute atomic E-state index is 8.71. The molecule has 0 aromatic heterocycles. The normalized spacial score (nSPS) is 14.1. The molecular formula is C10H20O. The monoisotopic (exact) mass is 156 g/mol. The lowest BCUT2D eigenvalue weighted by Gasteiger charge is -2.03. The molecular weight excluding hydrogens is 136 g/mol. The van der Waals surface area contributed by atoms with Crippen molar-refractivity contribution in [3.63, 3.8) is 0 Å². The van der Waals surface area contributed by atoms with Crippen LogP contribution in [0.1, 0.15) is 39.5 Å². The summed E-state index contributed by atoms with van der Waals surface area (Å²) in [5.74, 6) is 0.460. The van der Waals surface area contributed by atoms with Crippen LogP contribution >= 0.6 is 0 Å². The largest absolute Gasteiger partial charge is 0.396 e. The topological polar surface area (TPSA) is 20.2 Å². The summed E-state index contributed by atoms with van der Waals surface area (Å²) in [6, 6.07) is 0. The summed E-state index contributed by atoms with van der Waals surface area (Å²) in [4.78, 5) is 0.